The second kappa shape index (κ2) is 7.91. The molecule has 0 aliphatic carbocycles. The maximum atomic E-state index is 11.7. The van der Waals surface area contributed by atoms with Crippen LogP contribution in [0.3, 0.4) is 0 Å². The Balaban J connectivity index is 2.90. The minimum atomic E-state index is -0.238. The average Bonchev–Trinajstić information content (AvgIpc) is 2.30. The van der Waals surface area contributed by atoms with Crippen LogP contribution in [-0.4, -0.2) is 24.3 Å². The number of hydrogen-bond acceptors (Lipinski definition) is 4. The van der Waals surface area contributed by atoms with Crippen LogP contribution in [0.2, 0.25) is 0 Å². The van der Waals surface area contributed by atoms with Gasteiger partial charge in [-0.2, -0.15) is 0 Å². The van der Waals surface area contributed by atoms with Gasteiger partial charge in [0.15, 0.2) is 11.5 Å². The van der Waals surface area contributed by atoms with Crippen molar-refractivity contribution in [1.82, 2.24) is 0 Å². The molecule has 1 rings (SSSR count). The van der Waals surface area contributed by atoms with Crippen molar-refractivity contribution in [3.05, 3.63) is 23.8 Å². The van der Waals surface area contributed by atoms with Crippen molar-refractivity contribution in [3.63, 3.8) is 0 Å². The summed E-state index contributed by atoms with van der Waals surface area (Å²) < 4.78 is 16.7. The second-order valence-electron chi connectivity index (χ2n) is 5.83. The minimum Gasteiger partial charge on any atom is -0.487 e. The summed E-state index contributed by atoms with van der Waals surface area (Å²) >= 11 is 0. The van der Waals surface area contributed by atoms with Crippen molar-refractivity contribution in [2.45, 2.75) is 66.3 Å². The van der Waals surface area contributed by atoms with E-state index in [1.807, 2.05) is 59.7 Å². The highest BCUT2D eigenvalue weighted by Gasteiger charge is 2.13. The van der Waals surface area contributed by atoms with Crippen molar-refractivity contribution in [1.29, 1.82) is 0 Å². The molecule has 0 radical (unpaired) electrons. The zero-order valence-corrected chi connectivity index (χ0v) is 13.8. The second-order valence-corrected chi connectivity index (χ2v) is 5.83. The number of carbonyl (C=O) groups excluding carboxylic acids is 1. The Kier molecular flexibility index (Phi) is 6.53. The molecule has 0 aliphatic heterocycles. The van der Waals surface area contributed by atoms with Crippen molar-refractivity contribution in [3.8, 4) is 11.5 Å². The van der Waals surface area contributed by atoms with Gasteiger partial charge in [0.05, 0.1) is 24.7 Å². The molecule has 0 bridgehead atoms. The summed E-state index contributed by atoms with van der Waals surface area (Å²) in [6, 6.07) is 5.56. The molecule has 0 unspecified atom stereocenters. The van der Waals surface area contributed by atoms with Crippen LogP contribution in [-0.2, 0) is 16.0 Å². The highest BCUT2D eigenvalue weighted by atomic mass is 16.5. The predicted molar refractivity (Wildman–Crippen MR) is 82.9 cm³/mol. The first-order valence-electron chi connectivity index (χ1n) is 7.43. The summed E-state index contributed by atoms with van der Waals surface area (Å²) in [5.41, 5.74) is 0.854. The van der Waals surface area contributed by atoms with Crippen LogP contribution >= 0.6 is 0 Å². The number of esters is 1. The summed E-state index contributed by atoms with van der Waals surface area (Å²) in [6.45, 7) is 11.5. The van der Waals surface area contributed by atoms with Crippen molar-refractivity contribution < 1.29 is 19.0 Å². The molecule has 4 nitrogen and oxygen atoms in total. The van der Waals surface area contributed by atoms with E-state index in [0.717, 1.165) is 5.56 Å². The van der Waals surface area contributed by atoms with E-state index in [2.05, 4.69) is 0 Å². The van der Waals surface area contributed by atoms with Crippen molar-refractivity contribution >= 4 is 5.97 Å². The maximum Gasteiger partial charge on any atom is 0.310 e. The molecule has 1 aromatic rings. The van der Waals surface area contributed by atoms with E-state index < -0.39 is 0 Å². The van der Waals surface area contributed by atoms with Crippen molar-refractivity contribution in [2.24, 2.45) is 0 Å². The van der Waals surface area contributed by atoms with Crippen LogP contribution < -0.4 is 9.47 Å². The third kappa shape index (κ3) is 6.52. The van der Waals surface area contributed by atoms with Crippen LogP contribution in [0.4, 0.5) is 0 Å². The lowest BCUT2D eigenvalue weighted by Crippen LogP contribution is -2.14. The molecular formula is C17H26O4. The van der Waals surface area contributed by atoms with Crippen LogP contribution in [0.1, 0.15) is 47.1 Å². The van der Waals surface area contributed by atoms with Gasteiger partial charge in [-0.15, -0.1) is 0 Å². The summed E-state index contributed by atoms with van der Waals surface area (Å²) in [4.78, 5) is 11.7. The fourth-order valence-corrected chi connectivity index (χ4v) is 1.83. The van der Waals surface area contributed by atoms with Crippen LogP contribution in [0.5, 0.6) is 11.5 Å². The van der Waals surface area contributed by atoms with Gasteiger partial charge in [-0.05, 0) is 59.2 Å². The molecule has 0 amide bonds. The SMILES string of the molecule is CC(C)OC(=O)Cc1ccc(OC(C)C)c(OC(C)C)c1. The molecule has 0 atom stereocenters. The first-order chi connectivity index (χ1) is 9.77. The van der Waals surface area contributed by atoms with Gasteiger partial charge < -0.3 is 14.2 Å². The molecule has 0 N–H and O–H groups in total. The Morgan fingerprint density at radius 1 is 0.905 bits per heavy atom. The highest BCUT2D eigenvalue weighted by Crippen LogP contribution is 2.30. The number of carbonyl (C=O) groups is 1. The molecule has 0 aromatic heterocycles. The van der Waals surface area contributed by atoms with Gasteiger partial charge in [0.25, 0.3) is 0 Å². The lowest BCUT2D eigenvalue weighted by molar-refractivity contribution is -0.146. The van der Waals surface area contributed by atoms with E-state index in [4.69, 9.17) is 14.2 Å². The zero-order valence-electron chi connectivity index (χ0n) is 13.8. The maximum absolute atomic E-state index is 11.7. The van der Waals surface area contributed by atoms with E-state index in [1.165, 1.54) is 0 Å². The Morgan fingerprint density at radius 3 is 2.00 bits per heavy atom. The van der Waals surface area contributed by atoms with Gasteiger partial charge in [0.2, 0.25) is 0 Å². The lowest BCUT2D eigenvalue weighted by Gasteiger charge is -2.18. The third-order valence-corrected chi connectivity index (χ3v) is 2.45. The molecule has 1 aromatic carbocycles. The highest BCUT2D eigenvalue weighted by molar-refractivity contribution is 5.73. The summed E-state index contributed by atoms with van der Waals surface area (Å²) in [5.74, 6) is 1.12. The van der Waals surface area contributed by atoms with E-state index in [9.17, 15) is 4.79 Å². The number of benzene rings is 1. The van der Waals surface area contributed by atoms with Crippen LogP contribution in [0.25, 0.3) is 0 Å². The van der Waals surface area contributed by atoms with Crippen LogP contribution in [0.15, 0.2) is 18.2 Å². The van der Waals surface area contributed by atoms with Gasteiger partial charge in [0, 0.05) is 0 Å². The Hall–Kier alpha value is -1.71. The zero-order chi connectivity index (χ0) is 16.0. The Labute approximate surface area is 127 Å². The Morgan fingerprint density at radius 2 is 1.48 bits per heavy atom. The van der Waals surface area contributed by atoms with E-state index >= 15 is 0 Å². The summed E-state index contributed by atoms with van der Waals surface area (Å²) in [5, 5.41) is 0. The van der Waals surface area contributed by atoms with E-state index in [-0.39, 0.29) is 30.7 Å². The van der Waals surface area contributed by atoms with Crippen molar-refractivity contribution in [2.75, 3.05) is 0 Å². The molecular weight excluding hydrogens is 268 g/mol. The van der Waals surface area contributed by atoms with Gasteiger partial charge in [0.1, 0.15) is 0 Å². The standard InChI is InChI=1S/C17H26O4/c1-11(2)19-15-8-7-14(9-16(15)20-12(3)4)10-17(18)21-13(5)6/h7-9,11-13H,10H2,1-6H3. The number of hydrogen-bond donors (Lipinski definition) is 0. The molecule has 0 aliphatic rings. The van der Waals surface area contributed by atoms with E-state index in [1.54, 1.807) is 0 Å². The Bertz CT molecular complexity index is 464. The quantitative estimate of drug-likeness (QED) is 0.718. The first kappa shape index (κ1) is 17.3. The van der Waals surface area contributed by atoms with E-state index in [0.29, 0.717) is 11.5 Å². The molecule has 0 saturated heterocycles. The third-order valence-electron chi connectivity index (χ3n) is 2.45. The van der Waals surface area contributed by atoms with Crippen LogP contribution in [0, 0.1) is 0 Å². The largest absolute Gasteiger partial charge is 0.487 e. The predicted octanol–water partition coefficient (Wildman–Crippen LogP) is 3.76. The number of rotatable bonds is 7. The fourth-order valence-electron chi connectivity index (χ4n) is 1.83. The average molecular weight is 294 g/mol. The summed E-state index contributed by atoms with van der Waals surface area (Å²) in [7, 11) is 0. The molecule has 0 heterocycles. The monoisotopic (exact) mass is 294 g/mol. The molecule has 0 fully saturated rings. The molecule has 118 valence electrons. The smallest absolute Gasteiger partial charge is 0.310 e. The molecule has 4 heteroatoms. The molecule has 0 spiro atoms. The van der Waals surface area contributed by atoms with Gasteiger partial charge in [-0.25, -0.2) is 0 Å². The van der Waals surface area contributed by atoms with Gasteiger partial charge in [-0.3, -0.25) is 4.79 Å². The number of ether oxygens (including phenoxy) is 3. The lowest BCUT2D eigenvalue weighted by atomic mass is 10.1. The fraction of sp³-hybridized carbons (Fsp3) is 0.588. The topological polar surface area (TPSA) is 44.8 Å². The molecule has 0 saturated carbocycles. The minimum absolute atomic E-state index is 0.0392. The normalized spacial score (nSPS) is 11.1. The summed E-state index contributed by atoms with van der Waals surface area (Å²) in [6.07, 6.45) is 0.232. The first-order valence-corrected chi connectivity index (χ1v) is 7.43. The van der Waals surface area contributed by atoms with Gasteiger partial charge >= 0.3 is 5.97 Å². The molecule has 21 heavy (non-hydrogen) atoms. The van der Waals surface area contributed by atoms with Gasteiger partial charge in [-0.1, -0.05) is 6.07 Å².